The molecule has 1 aromatic carbocycles. The molecule has 0 amide bonds. The van der Waals surface area contributed by atoms with Crippen LogP contribution in [-0.2, 0) is 6.54 Å². The van der Waals surface area contributed by atoms with E-state index in [0.717, 1.165) is 11.3 Å². The summed E-state index contributed by atoms with van der Waals surface area (Å²) in [6.07, 6.45) is 3.03. The zero-order valence-corrected chi connectivity index (χ0v) is 7.85. The van der Waals surface area contributed by atoms with Crippen molar-refractivity contribution in [1.29, 1.82) is 0 Å². The van der Waals surface area contributed by atoms with Gasteiger partial charge >= 0.3 is 0 Å². The van der Waals surface area contributed by atoms with Crippen LogP contribution in [0.15, 0.2) is 36.4 Å². The van der Waals surface area contributed by atoms with E-state index in [-0.39, 0.29) is 0 Å². The third-order valence-electron chi connectivity index (χ3n) is 1.99. The number of nitrogens with zero attached hydrogens (tertiary/aromatic N) is 2. The van der Waals surface area contributed by atoms with E-state index < -0.39 is 0 Å². The Bertz CT molecular complexity index is 392. The lowest BCUT2D eigenvalue weighted by Crippen LogP contribution is -2.10. The number of rotatable bonds is 3. The highest BCUT2D eigenvalue weighted by Gasteiger charge is 2.00. The molecule has 71 valence electrons. The van der Waals surface area contributed by atoms with Gasteiger partial charge in [-0.2, -0.15) is 5.10 Å². The summed E-state index contributed by atoms with van der Waals surface area (Å²) in [6.45, 7) is 1.30. The van der Waals surface area contributed by atoms with Crippen molar-refractivity contribution in [3.8, 4) is 11.3 Å². The SMILES string of the molecule is NCCn1[c]cc(-c2ccccc2)n1. The highest BCUT2D eigenvalue weighted by atomic mass is 15.3. The molecule has 1 aromatic heterocycles. The molecule has 2 rings (SSSR count). The Balaban J connectivity index is 2.25. The number of nitrogens with two attached hydrogens (primary N) is 1. The van der Waals surface area contributed by atoms with Crippen LogP contribution in [0.2, 0.25) is 0 Å². The van der Waals surface area contributed by atoms with Gasteiger partial charge < -0.3 is 5.73 Å². The second kappa shape index (κ2) is 4.07. The minimum Gasteiger partial charge on any atom is -0.329 e. The summed E-state index contributed by atoms with van der Waals surface area (Å²) in [4.78, 5) is 0. The molecule has 0 bridgehead atoms. The minimum absolute atomic E-state index is 0.590. The van der Waals surface area contributed by atoms with Gasteiger partial charge in [-0.3, -0.25) is 4.68 Å². The van der Waals surface area contributed by atoms with Crippen molar-refractivity contribution >= 4 is 0 Å². The molecule has 0 spiro atoms. The Hall–Kier alpha value is -1.61. The molecule has 2 aromatic rings. The molecule has 0 aliphatic heterocycles. The molecule has 14 heavy (non-hydrogen) atoms. The van der Waals surface area contributed by atoms with Gasteiger partial charge in [-0.15, -0.1) is 0 Å². The van der Waals surface area contributed by atoms with Crippen LogP contribution in [0.4, 0.5) is 0 Å². The van der Waals surface area contributed by atoms with Gasteiger partial charge in [0.2, 0.25) is 0 Å². The first-order chi connectivity index (χ1) is 6.90. The van der Waals surface area contributed by atoms with Crippen molar-refractivity contribution < 1.29 is 0 Å². The van der Waals surface area contributed by atoms with Gasteiger partial charge in [0.05, 0.1) is 18.4 Å². The molecule has 1 heterocycles. The highest BCUT2D eigenvalue weighted by Crippen LogP contribution is 2.15. The predicted octanol–water partition coefficient (Wildman–Crippen LogP) is 1.31. The Labute approximate surface area is 83.2 Å². The topological polar surface area (TPSA) is 43.8 Å². The Morgan fingerprint density at radius 3 is 2.79 bits per heavy atom. The summed E-state index contributed by atoms with van der Waals surface area (Å²) in [5, 5.41) is 4.35. The van der Waals surface area contributed by atoms with E-state index in [1.54, 1.807) is 4.68 Å². The van der Waals surface area contributed by atoms with Crippen molar-refractivity contribution in [3.63, 3.8) is 0 Å². The molecule has 0 atom stereocenters. The van der Waals surface area contributed by atoms with E-state index in [4.69, 9.17) is 5.73 Å². The average molecular weight is 186 g/mol. The fourth-order valence-electron chi connectivity index (χ4n) is 1.31. The van der Waals surface area contributed by atoms with Crippen LogP contribution in [-0.4, -0.2) is 16.3 Å². The van der Waals surface area contributed by atoms with Crippen LogP contribution in [0.1, 0.15) is 0 Å². The van der Waals surface area contributed by atoms with Gasteiger partial charge in [0.25, 0.3) is 0 Å². The lowest BCUT2D eigenvalue weighted by molar-refractivity contribution is 0.623. The van der Waals surface area contributed by atoms with Crippen LogP contribution in [0.5, 0.6) is 0 Å². The maximum absolute atomic E-state index is 5.43. The zero-order chi connectivity index (χ0) is 9.80. The smallest absolute Gasteiger partial charge is 0.0930 e. The van der Waals surface area contributed by atoms with Crippen LogP contribution in [0, 0.1) is 6.20 Å². The Kier molecular flexibility index (Phi) is 2.60. The maximum atomic E-state index is 5.43. The molecule has 2 N–H and O–H groups in total. The Morgan fingerprint density at radius 1 is 1.29 bits per heavy atom. The summed E-state index contributed by atoms with van der Waals surface area (Å²) in [6, 6.07) is 11.9. The molecular formula is C11H12N3. The molecule has 0 saturated heterocycles. The fraction of sp³-hybridized carbons (Fsp3) is 0.182. The van der Waals surface area contributed by atoms with Gasteiger partial charge in [0, 0.05) is 12.1 Å². The maximum Gasteiger partial charge on any atom is 0.0930 e. The number of benzene rings is 1. The van der Waals surface area contributed by atoms with E-state index in [1.807, 2.05) is 36.4 Å². The molecule has 0 aliphatic rings. The first-order valence-corrected chi connectivity index (χ1v) is 4.61. The van der Waals surface area contributed by atoms with Crippen molar-refractivity contribution in [1.82, 2.24) is 9.78 Å². The highest BCUT2D eigenvalue weighted by molar-refractivity contribution is 5.57. The lowest BCUT2D eigenvalue weighted by Gasteiger charge is -1.96. The third-order valence-corrected chi connectivity index (χ3v) is 1.99. The van der Waals surface area contributed by atoms with E-state index >= 15 is 0 Å². The third kappa shape index (κ3) is 1.83. The first-order valence-electron chi connectivity index (χ1n) is 4.61. The average Bonchev–Trinajstić information content (AvgIpc) is 2.68. The zero-order valence-electron chi connectivity index (χ0n) is 7.85. The lowest BCUT2D eigenvalue weighted by atomic mass is 10.2. The normalized spacial score (nSPS) is 10.4. The quantitative estimate of drug-likeness (QED) is 0.785. The molecule has 1 radical (unpaired) electrons. The summed E-state index contributed by atoms with van der Waals surface area (Å²) >= 11 is 0. The summed E-state index contributed by atoms with van der Waals surface area (Å²) in [5.74, 6) is 0. The van der Waals surface area contributed by atoms with Crippen molar-refractivity contribution in [2.45, 2.75) is 6.54 Å². The second-order valence-corrected chi connectivity index (χ2v) is 3.04. The van der Waals surface area contributed by atoms with Crippen molar-refractivity contribution in [3.05, 3.63) is 42.6 Å². The molecule has 3 nitrogen and oxygen atoms in total. The Morgan fingerprint density at radius 2 is 2.07 bits per heavy atom. The monoisotopic (exact) mass is 186 g/mol. The largest absolute Gasteiger partial charge is 0.329 e. The number of hydrogen-bond donors (Lipinski definition) is 1. The molecule has 0 fully saturated rings. The van der Waals surface area contributed by atoms with E-state index in [9.17, 15) is 0 Å². The molecule has 0 unspecified atom stereocenters. The number of hydrogen-bond acceptors (Lipinski definition) is 2. The predicted molar refractivity (Wildman–Crippen MR) is 55.6 cm³/mol. The standard InChI is InChI=1S/C11H12N3/c12-7-9-14-8-6-11(13-14)10-4-2-1-3-5-10/h1-6H,7,9,12H2. The van der Waals surface area contributed by atoms with Gasteiger partial charge in [-0.05, 0) is 6.07 Å². The van der Waals surface area contributed by atoms with Gasteiger partial charge in [-0.1, -0.05) is 30.3 Å². The summed E-state index contributed by atoms with van der Waals surface area (Å²) in [5.41, 5.74) is 7.48. The van der Waals surface area contributed by atoms with E-state index in [2.05, 4.69) is 11.3 Å². The molecule has 0 saturated carbocycles. The van der Waals surface area contributed by atoms with Crippen LogP contribution >= 0.6 is 0 Å². The van der Waals surface area contributed by atoms with Gasteiger partial charge in [-0.25, -0.2) is 0 Å². The van der Waals surface area contributed by atoms with E-state index in [0.29, 0.717) is 13.1 Å². The summed E-state index contributed by atoms with van der Waals surface area (Å²) < 4.78 is 1.74. The number of aromatic nitrogens is 2. The fourth-order valence-corrected chi connectivity index (χ4v) is 1.31. The molecule has 0 aliphatic carbocycles. The van der Waals surface area contributed by atoms with Crippen molar-refractivity contribution in [2.75, 3.05) is 6.54 Å². The van der Waals surface area contributed by atoms with Gasteiger partial charge in [0.15, 0.2) is 0 Å². The molecular weight excluding hydrogens is 174 g/mol. The van der Waals surface area contributed by atoms with E-state index in [1.165, 1.54) is 0 Å². The summed E-state index contributed by atoms with van der Waals surface area (Å²) in [7, 11) is 0. The van der Waals surface area contributed by atoms with Gasteiger partial charge in [0.1, 0.15) is 0 Å². The minimum atomic E-state index is 0.590. The van der Waals surface area contributed by atoms with Crippen LogP contribution in [0.25, 0.3) is 11.3 Å². The second-order valence-electron chi connectivity index (χ2n) is 3.04. The van der Waals surface area contributed by atoms with Crippen LogP contribution < -0.4 is 5.73 Å². The molecule has 3 heteroatoms. The first kappa shape index (κ1) is 8.97. The van der Waals surface area contributed by atoms with Crippen molar-refractivity contribution in [2.24, 2.45) is 5.73 Å². The van der Waals surface area contributed by atoms with Crippen LogP contribution in [0.3, 0.4) is 0 Å².